The molecular formula is C15H15Cl2N3O. The second-order valence-corrected chi connectivity index (χ2v) is 5.58. The van der Waals surface area contributed by atoms with Crippen LogP contribution in [0.15, 0.2) is 24.3 Å². The highest BCUT2D eigenvalue weighted by atomic mass is 35.5. The molecule has 1 aliphatic heterocycles. The number of rotatable bonds is 4. The first-order valence-electron chi connectivity index (χ1n) is 6.84. The molecule has 1 aromatic carbocycles. The van der Waals surface area contributed by atoms with Crippen LogP contribution < -0.4 is 5.32 Å². The molecule has 0 saturated heterocycles. The average molecular weight is 324 g/mol. The maximum absolute atomic E-state index is 6.15. The van der Waals surface area contributed by atoms with E-state index in [0.29, 0.717) is 13.2 Å². The fourth-order valence-electron chi connectivity index (χ4n) is 2.36. The van der Waals surface area contributed by atoms with Crippen molar-refractivity contribution in [1.82, 2.24) is 9.97 Å². The Morgan fingerprint density at radius 3 is 2.90 bits per heavy atom. The van der Waals surface area contributed by atoms with E-state index in [1.807, 2.05) is 24.3 Å². The van der Waals surface area contributed by atoms with Crippen molar-refractivity contribution in [3.8, 4) is 0 Å². The molecule has 0 atom stereocenters. The van der Waals surface area contributed by atoms with E-state index in [1.54, 1.807) is 0 Å². The molecule has 21 heavy (non-hydrogen) atoms. The van der Waals surface area contributed by atoms with Crippen molar-refractivity contribution < 1.29 is 4.74 Å². The third-order valence-corrected chi connectivity index (χ3v) is 3.98. The highest BCUT2D eigenvalue weighted by Crippen LogP contribution is 2.24. The Morgan fingerprint density at radius 1 is 1.19 bits per heavy atom. The molecule has 110 valence electrons. The minimum atomic E-state index is 0.274. The average Bonchev–Trinajstić information content (AvgIpc) is 2.49. The summed E-state index contributed by atoms with van der Waals surface area (Å²) >= 11 is 12.1. The molecule has 1 aromatic heterocycles. The lowest BCUT2D eigenvalue weighted by molar-refractivity contribution is 0.109. The maximum Gasteiger partial charge on any atom is 0.224 e. The van der Waals surface area contributed by atoms with Gasteiger partial charge < -0.3 is 10.1 Å². The predicted octanol–water partition coefficient (Wildman–Crippen LogP) is 3.51. The normalized spacial score (nSPS) is 13.8. The standard InChI is InChI=1S/C15H15Cl2N3O/c16-12-4-2-1-3-10(12)5-7-18-14-11-9-21-8-6-13(11)19-15(17)20-14/h1-4H,5-9H2,(H,18,19,20). The molecule has 0 amide bonds. The van der Waals surface area contributed by atoms with Crippen LogP contribution in [0.3, 0.4) is 0 Å². The lowest BCUT2D eigenvalue weighted by Gasteiger charge is -2.19. The minimum absolute atomic E-state index is 0.274. The van der Waals surface area contributed by atoms with Crippen molar-refractivity contribution in [3.63, 3.8) is 0 Å². The van der Waals surface area contributed by atoms with Crippen molar-refractivity contribution in [2.24, 2.45) is 0 Å². The Kier molecular flexibility index (Phi) is 4.58. The van der Waals surface area contributed by atoms with E-state index >= 15 is 0 Å². The quantitative estimate of drug-likeness (QED) is 0.874. The number of fused-ring (bicyclic) bond motifs is 1. The van der Waals surface area contributed by atoms with E-state index in [9.17, 15) is 0 Å². The van der Waals surface area contributed by atoms with Crippen molar-refractivity contribution >= 4 is 29.0 Å². The fourth-order valence-corrected chi connectivity index (χ4v) is 2.78. The van der Waals surface area contributed by atoms with E-state index in [-0.39, 0.29) is 5.28 Å². The van der Waals surface area contributed by atoms with Gasteiger partial charge in [-0.25, -0.2) is 9.97 Å². The highest BCUT2D eigenvalue weighted by molar-refractivity contribution is 6.31. The monoisotopic (exact) mass is 323 g/mol. The Hall–Kier alpha value is -1.36. The van der Waals surface area contributed by atoms with Gasteiger partial charge in [0.25, 0.3) is 0 Å². The summed E-state index contributed by atoms with van der Waals surface area (Å²) in [6.07, 6.45) is 1.59. The molecule has 0 unspecified atom stereocenters. The number of benzene rings is 1. The summed E-state index contributed by atoms with van der Waals surface area (Å²) in [5.41, 5.74) is 3.09. The molecule has 0 aliphatic carbocycles. The molecule has 4 nitrogen and oxygen atoms in total. The number of nitrogens with zero attached hydrogens (tertiary/aromatic N) is 2. The number of anilines is 1. The molecule has 2 heterocycles. The van der Waals surface area contributed by atoms with Gasteiger partial charge >= 0.3 is 0 Å². The third kappa shape index (κ3) is 3.46. The first-order chi connectivity index (χ1) is 10.2. The number of hydrogen-bond donors (Lipinski definition) is 1. The van der Waals surface area contributed by atoms with Crippen LogP contribution in [-0.2, 0) is 24.2 Å². The largest absolute Gasteiger partial charge is 0.376 e. The minimum Gasteiger partial charge on any atom is -0.376 e. The molecule has 1 aliphatic rings. The Bertz CT molecular complexity index is 649. The second kappa shape index (κ2) is 6.60. The van der Waals surface area contributed by atoms with Crippen LogP contribution in [0, 0.1) is 0 Å². The summed E-state index contributed by atoms with van der Waals surface area (Å²) in [6.45, 7) is 1.93. The number of ether oxygens (including phenoxy) is 1. The van der Waals surface area contributed by atoms with Crippen molar-refractivity contribution in [2.75, 3.05) is 18.5 Å². The molecule has 1 N–H and O–H groups in total. The molecule has 0 radical (unpaired) electrons. The smallest absolute Gasteiger partial charge is 0.224 e. The first-order valence-corrected chi connectivity index (χ1v) is 7.60. The molecule has 2 aromatic rings. The zero-order valence-electron chi connectivity index (χ0n) is 11.4. The summed E-state index contributed by atoms with van der Waals surface area (Å²) in [6, 6.07) is 7.83. The van der Waals surface area contributed by atoms with Gasteiger partial charge in [0.2, 0.25) is 5.28 Å². The summed E-state index contributed by atoms with van der Waals surface area (Å²) in [4.78, 5) is 8.54. The van der Waals surface area contributed by atoms with Gasteiger partial charge in [0, 0.05) is 23.6 Å². The zero-order chi connectivity index (χ0) is 14.7. The Labute approximate surface area is 133 Å². The molecule has 0 saturated carbocycles. The topological polar surface area (TPSA) is 47.0 Å². The number of hydrogen-bond acceptors (Lipinski definition) is 4. The summed E-state index contributed by atoms with van der Waals surface area (Å²) in [7, 11) is 0. The van der Waals surface area contributed by atoms with Gasteiger partial charge in [-0.2, -0.15) is 0 Å². The summed E-state index contributed by atoms with van der Waals surface area (Å²) in [5.74, 6) is 0.761. The van der Waals surface area contributed by atoms with Crippen molar-refractivity contribution in [1.29, 1.82) is 0 Å². The highest BCUT2D eigenvalue weighted by Gasteiger charge is 2.17. The van der Waals surface area contributed by atoms with Crippen LogP contribution in [0.4, 0.5) is 5.82 Å². The van der Waals surface area contributed by atoms with Crippen molar-refractivity contribution in [2.45, 2.75) is 19.4 Å². The number of aromatic nitrogens is 2. The fraction of sp³-hybridized carbons (Fsp3) is 0.333. The van der Waals surface area contributed by atoms with Crippen LogP contribution >= 0.6 is 23.2 Å². The molecular weight excluding hydrogens is 309 g/mol. The summed E-state index contributed by atoms with van der Waals surface area (Å²) in [5, 5.41) is 4.37. The van der Waals surface area contributed by atoms with Gasteiger partial charge in [-0.15, -0.1) is 0 Å². The van der Waals surface area contributed by atoms with E-state index in [4.69, 9.17) is 27.9 Å². The predicted molar refractivity (Wildman–Crippen MR) is 84.0 cm³/mol. The van der Waals surface area contributed by atoms with Crippen LogP contribution in [-0.4, -0.2) is 23.1 Å². The van der Waals surface area contributed by atoms with Gasteiger partial charge in [0.1, 0.15) is 5.82 Å². The first kappa shape index (κ1) is 14.6. The van der Waals surface area contributed by atoms with Crippen LogP contribution in [0.25, 0.3) is 0 Å². The van der Waals surface area contributed by atoms with Crippen LogP contribution in [0.1, 0.15) is 16.8 Å². The van der Waals surface area contributed by atoms with Gasteiger partial charge in [0.15, 0.2) is 0 Å². The van der Waals surface area contributed by atoms with Crippen LogP contribution in [0.2, 0.25) is 10.3 Å². The molecule has 0 spiro atoms. The Balaban J connectivity index is 1.71. The maximum atomic E-state index is 6.15. The molecule has 0 fully saturated rings. The van der Waals surface area contributed by atoms with E-state index in [2.05, 4.69) is 15.3 Å². The van der Waals surface area contributed by atoms with E-state index in [0.717, 1.165) is 47.0 Å². The zero-order valence-corrected chi connectivity index (χ0v) is 12.9. The molecule has 6 heteroatoms. The lowest BCUT2D eigenvalue weighted by Crippen LogP contribution is -2.17. The second-order valence-electron chi connectivity index (χ2n) is 4.84. The van der Waals surface area contributed by atoms with Crippen LogP contribution in [0.5, 0.6) is 0 Å². The third-order valence-electron chi connectivity index (χ3n) is 3.44. The number of halogens is 2. The van der Waals surface area contributed by atoms with Gasteiger partial charge in [-0.1, -0.05) is 29.8 Å². The molecule has 3 rings (SSSR count). The van der Waals surface area contributed by atoms with Crippen molar-refractivity contribution in [3.05, 3.63) is 51.4 Å². The van der Waals surface area contributed by atoms with Gasteiger partial charge in [0.05, 0.1) is 18.9 Å². The SMILES string of the molecule is Clc1nc2c(c(NCCc3ccccc3Cl)n1)COCC2. The van der Waals surface area contributed by atoms with Gasteiger partial charge in [-0.3, -0.25) is 0 Å². The summed E-state index contributed by atoms with van der Waals surface area (Å²) < 4.78 is 5.48. The van der Waals surface area contributed by atoms with E-state index in [1.165, 1.54) is 0 Å². The molecule has 0 bridgehead atoms. The van der Waals surface area contributed by atoms with Gasteiger partial charge in [-0.05, 0) is 29.7 Å². The Morgan fingerprint density at radius 2 is 2.05 bits per heavy atom. The van der Waals surface area contributed by atoms with E-state index < -0.39 is 0 Å². The number of nitrogens with one attached hydrogen (secondary N) is 1. The lowest BCUT2D eigenvalue weighted by atomic mass is 10.1.